The van der Waals surface area contributed by atoms with Gasteiger partial charge in [0.15, 0.2) is 11.6 Å². The summed E-state index contributed by atoms with van der Waals surface area (Å²) in [7, 11) is 0. The first-order valence-electron chi connectivity index (χ1n) is 7.13. The third-order valence-electron chi connectivity index (χ3n) is 3.85. The zero-order valence-corrected chi connectivity index (χ0v) is 12.8. The lowest BCUT2D eigenvalue weighted by Gasteiger charge is -2.27. The van der Waals surface area contributed by atoms with Crippen LogP contribution in [0.3, 0.4) is 0 Å². The molecular weight excluding hydrogens is 270 g/mol. The molecule has 0 atom stereocenters. The minimum atomic E-state index is -0.0376. The second-order valence-electron chi connectivity index (χ2n) is 5.70. The molecular formula is C14H19N5O2. The molecule has 0 bridgehead atoms. The molecule has 2 aromatic heterocycles. The number of aryl methyl sites for hydroxylation is 2. The molecule has 0 spiro atoms. The van der Waals surface area contributed by atoms with Crippen LogP contribution in [0.2, 0.25) is 0 Å². The van der Waals surface area contributed by atoms with E-state index in [1.54, 1.807) is 11.8 Å². The van der Waals surface area contributed by atoms with Gasteiger partial charge in [0.25, 0.3) is 5.91 Å². The molecule has 1 aliphatic rings. The van der Waals surface area contributed by atoms with E-state index in [2.05, 4.69) is 15.4 Å². The van der Waals surface area contributed by atoms with Crippen molar-refractivity contribution >= 4 is 5.91 Å². The summed E-state index contributed by atoms with van der Waals surface area (Å²) in [6, 6.07) is 0. The number of fused-ring (bicyclic) bond motifs is 1. The largest absolute Gasteiger partial charge is 0.360 e. The van der Waals surface area contributed by atoms with Crippen molar-refractivity contribution in [2.45, 2.75) is 46.7 Å². The summed E-state index contributed by atoms with van der Waals surface area (Å²) in [6.45, 7) is 9.56. The molecule has 21 heavy (non-hydrogen) atoms. The third-order valence-corrected chi connectivity index (χ3v) is 3.85. The van der Waals surface area contributed by atoms with E-state index < -0.39 is 0 Å². The van der Waals surface area contributed by atoms with E-state index in [1.807, 2.05) is 25.3 Å². The average Bonchev–Trinajstić information content (AvgIpc) is 3.01. The molecule has 3 rings (SSSR count). The first-order chi connectivity index (χ1) is 9.99. The molecule has 112 valence electrons. The van der Waals surface area contributed by atoms with Crippen molar-refractivity contribution in [2.75, 3.05) is 6.54 Å². The Morgan fingerprint density at radius 1 is 1.24 bits per heavy atom. The number of nitrogens with zero attached hydrogens (tertiary/aromatic N) is 5. The quantitative estimate of drug-likeness (QED) is 0.840. The predicted molar refractivity (Wildman–Crippen MR) is 74.8 cm³/mol. The Balaban J connectivity index is 1.89. The highest BCUT2D eigenvalue weighted by molar-refractivity contribution is 5.96. The Hall–Kier alpha value is -2.18. The maximum atomic E-state index is 12.8. The highest BCUT2D eigenvalue weighted by atomic mass is 16.5. The number of carbonyl (C=O) groups excluding carboxylic acids is 1. The van der Waals surface area contributed by atoms with Crippen LogP contribution < -0.4 is 0 Å². The average molecular weight is 289 g/mol. The molecule has 0 saturated heterocycles. The van der Waals surface area contributed by atoms with Crippen molar-refractivity contribution in [3.8, 4) is 0 Å². The molecule has 0 aromatic carbocycles. The fraction of sp³-hybridized carbons (Fsp3) is 0.571. The van der Waals surface area contributed by atoms with Gasteiger partial charge in [0.2, 0.25) is 0 Å². The molecule has 0 N–H and O–H groups in total. The molecule has 7 heteroatoms. The Morgan fingerprint density at radius 2 is 2.00 bits per heavy atom. The summed E-state index contributed by atoms with van der Waals surface area (Å²) >= 11 is 0. The topological polar surface area (TPSA) is 77.0 Å². The van der Waals surface area contributed by atoms with E-state index in [-0.39, 0.29) is 11.8 Å². The molecule has 0 unspecified atom stereocenters. The van der Waals surface area contributed by atoms with E-state index in [0.29, 0.717) is 30.1 Å². The van der Waals surface area contributed by atoms with Crippen LogP contribution in [0.25, 0.3) is 0 Å². The normalized spacial score (nSPS) is 14.6. The van der Waals surface area contributed by atoms with Gasteiger partial charge in [-0.15, -0.1) is 10.2 Å². The second kappa shape index (κ2) is 4.98. The fourth-order valence-corrected chi connectivity index (χ4v) is 2.68. The van der Waals surface area contributed by atoms with E-state index >= 15 is 0 Å². The molecule has 0 fully saturated rings. The molecule has 0 aliphatic carbocycles. The lowest BCUT2D eigenvalue weighted by Crippen LogP contribution is -2.39. The predicted octanol–water partition coefficient (Wildman–Crippen LogP) is 1.66. The molecule has 0 saturated carbocycles. The van der Waals surface area contributed by atoms with Crippen molar-refractivity contribution in [1.29, 1.82) is 0 Å². The van der Waals surface area contributed by atoms with Gasteiger partial charge in [-0.1, -0.05) is 19.0 Å². The minimum Gasteiger partial charge on any atom is -0.360 e. The van der Waals surface area contributed by atoms with Gasteiger partial charge in [-0.05, 0) is 13.8 Å². The molecule has 0 radical (unpaired) electrons. The number of carbonyl (C=O) groups is 1. The van der Waals surface area contributed by atoms with Crippen molar-refractivity contribution in [3.63, 3.8) is 0 Å². The highest BCUT2D eigenvalue weighted by Crippen LogP contribution is 2.25. The molecule has 2 aromatic rings. The molecule has 3 heterocycles. The van der Waals surface area contributed by atoms with Gasteiger partial charge in [0.05, 0.1) is 12.2 Å². The monoisotopic (exact) mass is 289 g/mol. The van der Waals surface area contributed by atoms with Crippen LogP contribution in [0.4, 0.5) is 0 Å². The van der Waals surface area contributed by atoms with Crippen molar-refractivity contribution in [2.24, 2.45) is 0 Å². The summed E-state index contributed by atoms with van der Waals surface area (Å²) < 4.78 is 7.36. The molecule has 1 amide bonds. The summed E-state index contributed by atoms with van der Waals surface area (Å²) in [5, 5.41) is 12.1. The zero-order valence-electron chi connectivity index (χ0n) is 12.8. The minimum absolute atomic E-state index is 0.0376. The highest BCUT2D eigenvalue weighted by Gasteiger charge is 2.30. The van der Waals surface area contributed by atoms with Crippen LogP contribution in [0.1, 0.15) is 53.2 Å². The van der Waals surface area contributed by atoms with Crippen molar-refractivity contribution < 1.29 is 9.32 Å². The van der Waals surface area contributed by atoms with Gasteiger partial charge in [-0.3, -0.25) is 4.79 Å². The van der Waals surface area contributed by atoms with Crippen LogP contribution in [0, 0.1) is 13.8 Å². The van der Waals surface area contributed by atoms with Crippen LogP contribution in [-0.2, 0) is 13.1 Å². The Labute approximate surface area is 122 Å². The molecule has 7 nitrogen and oxygen atoms in total. The van der Waals surface area contributed by atoms with Crippen LogP contribution >= 0.6 is 0 Å². The Morgan fingerprint density at radius 3 is 2.71 bits per heavy atom. The maximum Gasteiger partial charge on any atom is 0.259 e. The lowest BCUT2D eigenvalue weighted by molar-refractivity contribution is 0.0703. The summed E-state index contributed by atoms with van der Waals surface area (Å²) in [5.74, 6) is 2.46. The van der Waals surface area contributed by atoms with Gasteiger partial charge in [-0.25, -0.2) is 0 Å². The van der Waals surface area contributed by atoms with Gasteiger partial charge >= 0.3 is 0 Å². The Kier molecular flexibility index (Phi) is 3.27. The van der Waals surface area contributed by atoms with Crippen molar-refractivity contribution in [1.82, 2.24) is 24.8 Å². The van der Waals surface area contributed by atoms with E-state index in [9.17, 15) is 4.79 Å². The van der Waals surface area contributed by atoms with E-state index in [4.69, 9.17) is 4.52 Å². The fourth-order valence-electron chi connectivity index (χ4n) is 2.68. The van der Waals surface area contributed by atoms with Crippen LogP contribution in [-0.4, -0.2) is 37.3 Å². The smallest absolute Gasteiger partial charge is 0.259 e. The van der Waals surface area contributed by atoms with Gasteiger partial charge in [0.1, 0.15) is 11.4 Å². The first-order valence-corrected chi connectivity index (χ1v) is 7.13. The number of rotatable bonds is 2. The lowest BCUT2D eigenvalue weighted by atomic mass is 10.0. The van der Waals surface area contributed by atoms with Gasteiger partial charge in [-0.2, -0.15) is 0 Å². The second-order valence-corrected chi connectivity index (χ2v) is 5.70. The van der Waals surface area contributed by atoms with Gasteiger partial charge in [0, 0.05) is 19.0 Å². The van der Waals surface area contributed by atoms with E-state index in [0.717, 1.165) is 18.2 Å². The molecule has 1 aliphatic heterocycles. The van der Waals surface area contributed by atoms with Crippen molar-refractivity contribution in [3.05, 3.63) is 28.7 Å². The standard InChI is InChI=1S/C14H19N5O2/c1-8(2)13-12(9(3)17-21-13)14(20)18-5-6-19-10(4)15-16-11(19)7-18/h8H,5-7H2,1-4H3. The number of hydrogen-bond acceptors (Lipinski definition) is 5. The number of hydrogen-bond donors (Lipinski definition) is 0. The van der Waals surface area contributed by atoms with Gasteiger partial charge < -0.3 is 14.0 Å². The third kappa shape index (κ3) is 2.22. The van der Waals surface area contributed by atoms with Crippen LogP contribution in [0.15, 0.2) is 4.52 Å². The SMILES string of the molecule is Cc1noc(C(C)C)c1C(=O)N1CCn2c(C)nnc2C1. The van der Waals surface area contributed by atoms with E-state index in [1.165, 1.54) is 0 Å². The zero-order chi connectivity index (χ0) is 15.1. The summed E-state index contributed by atoms with van der Waals surface area (Å²) in [5.41, 5.74) is 1.24. The maximum absolute atomic E-state index is 12.8. The summed E-state index contributed by atoms with van der Waals surface area (Å²) in [4.78, 5) is 14.6. The Bertz CT molecular complexity index is 686. The number of aromatic nitrogens is 4. The van der Waals surface area contributed by atoms with Crippen LogP contribution in [0.5, 0.6) is 0 Å². The summed E-state index contributed by atoms with van der Waals surface area (Å²) in [6.07, 6.45) is 0. The number of amides is 1. The first kappa shape index (κ1) is 13.8.